The molecule has 0 spiro atoms. The van der Waals surface area contributed by atoms with Gasteiger partial charge in [-0.25, -0.2) is 0 Å². The molecule has 0 N–H and O–H groups in total. The molecular weight excluding hydrogens is 254 g/mol. The quantitative estimate of drug-likeness (QED) is 0.834. The molecule has 1 amide bonds. The summed E-state index contributed by atoms with van der Waals surface area (Å²) in [6.45, 7) is 5.87. The van der Waals surface area contributed by atoms with Crippen molar-refractivity contribution in [3.63, 3.8) is 0 Å². The molecule has 1 aliphatic heterocycles. The maximum Gasteiger partial charge on any atom is 0.233 e. The highest BCUT2D eigenvalue weighted by molar-refractivity contribution is 6.29. The molecule has 5 nitrogen and oxygen atoms in total. The molecule has 0 bridgehead atoms. The number of aromatic nitrogens is 2. The molecule has 0 aliphatic carbocycles. The Hall–Kier alpha value is -1.36. The van der Waals surface area contributed by atoms with Crippen LogP contribution in [0.15, 0.2) is 12.4 Å². The van der Waals surface area contributed by atoms with Gasteiger partial charge in [-0.1, -0.05) is 25.4 Å². The molecule has 1 fully saturated rings. The van der Waals surface area contributed by atoms with E-state index in [9.17, 15) is 4.79 Å². The number of nitrogens with zero attached hydrogens (tertiary/aromatic N) is 3. The van der Waals surface area contributed by atoms with Crippen molar-refractivity contribution in [3.05, 3.63) is 17.5 Å². The Bertz CT molecular complexity index is 433. The number of likely N-dealkylation sites (tertiary alicyclic amines) is 1. The van der Waals surface area contributed by atoms with Gasteiger partial charge in [0.15, 0.2) is 5.15 Å². The number of hydrogen-bond donors (Lipinski definition) is 0. The molecule has 1 aromatic rings. The molecular formula is C12H16ClN3O2. The zero-order chi connectivity index (χ0) is 13.1. The number of hydrogen-bond acceptors (Lipinski definition) is 4. The van der Waals surface area contributed by atoms with Crippen molar-refractivity contribution >= 4 is 17.5 Å². The normalized spacial score (nSPS) is 15.7. The average molecular weight is 270 g/mol. The third-order valence-corrected chi connectivity index (χ3v) is 2.99. The van der Waals surface area contributed by atoms with Crippen LogP contribution in [0.25, 0.3) is 0 Å². The third-order valence-electron chi connectivity index (χ3n) is 2.81. The van der Waals surface area contributed by atoms with Gasteiger partial charge in [-0.3, -0.25) is 9.78 Å². The molecule has 0 aromatic carbocycles. The van der Waals surface area contributed by atoms with Gasteiger partial charge in [0.05, 0.1) is 19.0 Å². The van der Waals surface area contributed by atoms with E-state index < -0.39 is 0 Å². The topological polar surface area (TPSA) is 55.3 Å². The van der Waals surface area contributed by atoms with Crippen molar-refractivity contribution in [1.82, 2.24) is 14.9 Å². The summed E-state index contributed by atoms with van der Waals surface area (Å²) in [4.78, 5) is 21.4. The second-order valence-corrected chi connectivity index (χ2v) is 5.14. The molecule has 6 heteroatoms. The Morgan fingerprint density at radius 2 is 2.28 bits per heavy atom. The van der Waals surface area contributed by atoms with Crippen LogP contribution >= 0.6 is 11.6 Å². The average Bonchev–Trinajstić information content (AvgIpc) is 2.26. The number of carbonyl (C=O) groups is 1. The first-order valence-electron chi connectivity index (χ1n) is 5.95. The van der Waals surface area contributed by atoms with Crippen molar-refractivity contribution in [2.75, 3.05) is 19.7 Å². The Morgan fingerprint density at radius 3 is 2.89 bits per heavy atom. The van der Waals surface area contributed by atoms with E-state index in [1.54, 1.807) is 0 Å². The Kier molecular flexibility index (Phi) is 4.01. The highest BCUT2D eigenvalue weighted by Gasteiger charge is 2.32. The largest absolute Gasteiger partial charge is 0.476 e. The second kappa shape index (κ2) is 5.52. The van der Waals surface area contributed by atoms with E-state index in [1.165, 1.54) is 12.4 Å². The Morgan fingerprint density at radius 1 is 1.56 bits per heavy atom. The van der Waals surface area contributed by atoms with Crippen LogP contribution in [0.5, 0.6) is 5.88 Å². The molecule has 0 radical (unpaired) electrons. The highest BCUT2D eigenvalue weighted by atomic mass is 35.5. The van der Waals surface area contributed by atoms with E-state index in [4.69, 9.17) is 16.3 Å². The summed E-state index contributed by atoms with van der Waals surface area (Å²) in [6, 6.07) is 0. The monoisotopic (exact) mass is 269 g/mol. The van der Waals surface area contributed by atoms with Crippen LogP contribution in [0, 0.1) is 11.8 Å². The Labute approximate surface area is 111 Å². The molecule has 0 unspecified atom stereocenters. The molecule has 1 aromatic heterocycles. The first-order chi connectivity index (χ1) is 8.56. The van der Waals surface area contributed by atoms with Crippen LogP contribution in [-0.4, -0.2) is 40.5 Å². The minimum Gasteiger partial charge on any atom is -0.476 e. The van der Waals surface area contributed by atoms with Crippen LogP contribution in [0.4, 0.5) is 0 Å². The molecule has 2 heterocycles. The van der Waals surface area contributed by atoms with Crippen LogP contribution in [-0.2, 0) is 4.79 Å². The van der Waals surface area contributed by atoms with Gasteiger partial charge in [0.1, 0.15) is 0 Å². The van der Waals surface area contributed by atoms with Crippen LogP contribution in [0.2, 0.25) is 5.15 Å². The summed E-state index contributed by atoms with van der Waals surface area (Å²) in [6.07, 6.45) is 2.99. The molecule has 0 saturated carbocycles. The molecule has 1 aliphatic rings. The van der Waals surface area contributed by atoms with Crippen molar-refractivity contribution in [3.8, 4) is 5.88 Å². The standard InChI is InChI=1S/C12H16ClN3O2/c1-8(2)12(17)16-5-9(6-16)7-18-11-4-14-3-10(13)15-11/h3-4,8-9H,5-7H2,1-2H3. The summed E-state index contributed by atoms with van der Waals surface area (Å²) in [7, 11) is 0. The van der Waals surface area contributed by atoms with Gasteiger partial charge >= 0.3 is 0 Å². The van der Waals surface area contributed by atoms with Gasteiger partial charge in [0, 0.05) is 24.9 Å². The minimum atomic E-state index is 0.0608. The van der Waals surface area contributed by atoms with E-state index >= 15 is 0 Å². The van der Waals surface area contributed by atoms with Gasteiger partial charge in [-0.15, -0.1) is 0 Å². The lowest BCUT2D eigenvalue weighted by molar-refractivity contribution is -0.141. The molecule has 18 heavy (non-hydrogen) atoms. The number of amides is 1. The minimum absolute atomic E-state index is 0.0608. The number of carbonyl (C=O) groups excluding carboxylic acids is 1. The molecule has 2 rings (SSSR count). The van der Waals surface area contributed by atoms with Crippen LogP contribution < -0.4 is 4.74 Å². The predicted octanol–water partition coefficient (Wildman–Crippen LogP) is 1.62. The second-order valence-electron chi connectivity index (χ2n) is 4.75. The lowest BCUT2D eigenvalue weighted by Crippen LogP contribution is -2.53. The fraction of sp³-hybridized carbons (Fsp3) is 0.583. The lowest BCUT2D eigenvalue weighted by Gasteiger charge is -2.39. The van der Waals surface area contributed by atoms with E-state index in [-0.39, 0.29) is 11.8 Å². The number of rotatable bonds is 4. The zero-order valence-electron chi connectivity index (χ0n) is 10.5. The van der Waals surface area contributed by atoms with Crippen molar-refractivity contribution < 1.29 is 9.53 Å². The smallest absolute Gasteiger partial charge is 0.233 e. The Balaban J connectivity index is 1.73. The van der Waals surface area contributed by atoms with Gasteiger partial charge in [-0.2, -0.15) is 4.98 Å². The van der Waals surface area contributed by atoms with Gasteiger partial charge in [0.25, 0.3) is 0 Å². The van der Waals surface area contributed by atoms with E-state index in [2.05, 4.69) is 9.97 Å². The molecule has 98 valence electrons. The first kappa shape index (κ1) is 13.1. The summed E-state index contributed by atoms with van der Waals surface area (Å²) in [5.74, 6) is 1.06. The van der Waals surface area contributed by atoms with Gasteiger partial charge < -0.3 is 9.64 Å². The van der Waals surface area contributed by atoms with Gasteiger partial charge in [-0.05, 0) is 0 Å². The number of halogens is 1. The van der Waals surface area contributed by atoms with E-state index in [0.717, 1.165) is 13.1 Å². The van der Waals surface area contributed by atoms with E-state index in [0.29, 0.717) is 23.6 Å². The number of ether oxygens (including phenoxy) is 1. The van der Waals surface area contributed by atoms with Gasteiger partial charge in [0.2, 0.25) is 11.8 Å². The molecule has 0 atom stereocenters. The van der Waals surface area contributed by atoms with Crippen molar-refractivity contribution in [1.29, 1.82) is 0 Å². The zero-order valence-corrected chi connectivity index (χ0v) is 11.2. The van der Waals surface area contributed by atoms with Crippen molar-refractivity contribution in [2.24, 2.45) is 11.8 Å². The maximum atomic E-state index is 11.6. The summed E-state index contributed by atoms with van der Waals surface area (Å²) in [5, 5.41) is 0.317. The predicted molar refractivity (Wildman–Crippen MR) is 67.4 cm³/mol. The first-order valence-corrected chi connectivity index (χ1v) is 6.33. The fourth-order valence-electron chi connectivity index (χ4n) is 1.82. The summed E-state index contributed by atoms with van der Waals surface area (Å²) < 4.78 is 5.48. The fourth-order valence-corrected chi connectivity index (χ4v) is 1.96. The van der Waals surface area contributed by atoms with Crippen LogP contribution in [0.3, 0.4) is 0 Å². The van der Waals surface area contributed by atoms with Crippen LogP contribution in [0.1, 0.15) is 13.8 Å². The maximum absolute atomic E-state index is 11.6. The summed E-state index contributed by atoms with van der Waals surface area (Å²) >= 11 is 5.70. The lowest BCUT2D eigenvalue weighted by atomic mass is 9.99. The summed E-state index contributed by atoms with van der Waals surface area (Å²) in [5.41, 5.74) is 0. The third kappa shape index (κ3) is 3.10. The molecule has 1 saturated heterocycles. The highest BCUT2D eigenvalue weighted by Crippen LogP contribution is 2.19. The van der Waals surface area contributed by atoms with Crippen molar-refractivity contribution in [2.45, 2.75) is 13.8 Å². The van der Waals surface area contributed by atoms with E-state index in [1.807, 2.05) is 18.7 Å². The SMILES string of the molecule is CC(C)C(=O)N1CC(COc2cncc(Cl)n2)C1.